The van der Waals surface area contributed by atoms with E-state index >= 15 is 0 Å². The zero-order valence-electron chi connectivity index (χ0n) is 12.0. The Morgan fingerprint density at radius 3 is 2.76 bits per heavy atom. The van der Waals surface area contributed by atoms with E-state index in [0.29, 0.717) is 19.6 Å². The van der Waals surface area contributed by atoms with Crippen LogP contribution in [0.3, 0.4) is 0 Å². The smallest absolute Gasteiger partial charge is 0.229 e. The van der Waals surface area contributed by atoms with Crippen molar-refractivity contribution in [2.24, 2.45) is 0 Å². The zero-order valence-corrected chi connectivity index (χ0v) is 12.7. The molecule has 1 fully saturated rings. The Labute approximate surface area is 129 Å². The molecule has 1 N–H and O–H groups in total. The Balaban J connectivity index is 1.97. The Bertz CT molecular complexity index is 504. The summed E-state index contributed by atoms with van der Waals surface area (Å²) in [6.07, 6.45) is 0.594. The van der Waals surface area contributed by atoms with E-state index in [1.54, 1.807) is 4.90 Å². The summed E-state index contributed by atoms with van der Waals surface area (Å²) in [6.45, 7) is 3.02. The number of nitrogens with zero attached hydrogens (tertiary/aromatic N) is 1. The lowest BCUT2D eigenvalue weighted by molar-refractivity contribution is -0.121. The third-order valence-electron chi connectivity index (χ3n) is 3.27. The van der Waals surface area contributed by atoms with Crippen molar-refractivity contribution >= 4 is 29.1 Å². The standard InChI is InChI=1S/C15H19ClN2O3/c1-2-21-13-5-3-12(4-6-13)18-10-11(9-15(18)20)17-14(19)7-8-16/h3-6,11H,2,7-10H2,1H3,(H,17,19). The molecule has 2 amide bonds. The minimum atomic E-state index is -0.153. The fourth-order valence-corrected chi connectivity index (χ4v) is 2.50. The summed E-state index contributed by atoms with van der Waals surface area (Å²) in [6, 6.07) is 7.23. The molecule has 0 bridgehead atoms. The maximum atomic E-state index is 12.1. The number of halogens is 1. The van der Waals surface area contributed by atoms with E-state index < -0.39 is 0 Å². The van der Waals surface area contributed by atoms with Gasteiger partial charge in [0.25, 0.3) is 0 Å². The van der Waals surface area contributed by atoms with E-state index in [2.05, 4.69) is 5.32 Å². The molecule has 1 aliphatic rings. The van der Waals surface area contributed by atoms with Gasteiger partial charge in [0, 0.05) is 31.0 Å². The molecule has 5 nitrogen and oxygen atoms in total. The first-order valence-electron chi connectivity index (χ1n) is 7.02. The lowest BCUT2D eigenvalue weighted by atomic mass is 10.2. The summed E-state index contributed by atoms with van der Waals surface area (Å²) in [5, 5.41) is 2.83. The number of hydrogen-bond acceptors (Lipinski definition) is 3. The van der Waals surface area contributed by atoms with Crippen molar-refractivity contribution in [1.29, 1.82) is 0 Å². The van der Waals surface area contributed by atoms with Crippen LogP contribution in [-0.2, 0) is 9.59 Å². The summed E-state index contributed by atoms with van der Waals surface area (Å²) in [4.78, 5) is 25.3. The lowest BCUT2D eigenvalue weighted by Crippen LogP contribution is -2.37. The van der Waals surface area contributed by atoms with Gasteiger partial charge in [-0.3, -0.25) is 9.59 Å². The monoisotopic (exact) mass is 310 g/mol. The van der Waals surface area contributed by atoms with Crippen LogP contribution < -0.4 is 15.0 Å². The number of carbonyl (C=O) groups is 2. The average molecular weight is 311 g/mol. The summed E-state index contributed by atoms with van der Waals surface area (Å²) in [7, 11) is 0. The Morgan fingerprint density at radius 1 is 1.43 bits per heavy atom. The van der Waals surface area contributed by atoms with Crippen LogP contribution in [0.5, 0.6) is 5.75 Å². The first-order chi connectivity index (χ1) is 10.1. The van der Waals surface area contributed by atoms with E-state index in [-0.39, 0.29) is 30.2 Å². The fraction of sp³-hybridized carbons (Fsp3) is 0.467. The molecule has 0 aromatic heterocycles. The highest BCUT2D eigenvalue weighted by Crippen LogP contribution is 2.24. The van der Waals surface area contributed by atoms with Gasteiger partial charge in [-0.05, 0) is 31.2 Å². The van der Waals surface area contributed by atoms with Crippen molar-refractivity contribution in [2.45, 2.75) is 25.8 Å². The minimum Gasteiger partial charge on any atom is -0.494 e. The van der Waals surface area contributed by atoms with E-state index in [1.807, 2.05) is 31.2 Å². The fourth-order valence-electron chi connectivity index (χ4n) is 2.33. The minimum absolute atomic E-state index is 0.00957. The number of nitrogens with one attached hydrogen (secondary N) is 1. The number of anilines is 1. The van der Waals surface area contributed by atoms with Gasteiger partial charge >= 0.3 is 0 Å². The highest BCUT2D eigenvalue weighted by atomic mass is 35.5. The molecule has 1 aromatic carbocycles. The van der Waals surface area contributed by atoms with Crippen molar-refractivity contribution in [3.05, 3.63) is 24.3 Å². The molecule has 0 aliphatic carbocycles. The van der Waals surface area contributed by atoms with Gasteiger partial charge in [-0.2, -0.15) is 0 Å². The Morgan fingerprint density at radius 2 is 2.14 bits per heavy atom. The van der Waals surface area contributed by atoms with E-state index in [0.717, 1.165) is 11.4 Å². The van der Waals surface area contributed by atoms with E-state index in [1.165, 1.54) is 0 Å². The van der Waals surface area contributed by atoms with Gasteiger partial charge in [0.2, 0.25) is 11.8 Å². The summed E-state index contributed by atoms with van der Waals surface area (Å²) >= 11 is 5.53. The van der Waals surface area contributed by atoms with Gasteiger partial charge in [-0.25, -0.2) is 0 Å². The largest absolute Gasteiger partial charge is 0.494 e. The first-order valence-corrected chi connectivity index (χ1v) is 7.56. The maximum Gasteiger partial charge on any atom is 0.229 e. The van der Waals surface area contributed by atoms with Crippen LogP contribution in [0.1, 0.15) is 19.8 Å². The van der Waals surface area contributed by atoms with Crippen molar-refractivity contribution in [3.63, 3.8) is 0 Å². The number of rotatable bonds is 6. The van der Waals surface area contributed by atoms with Crippen molar-refractivity contribution in [2.75, 3.05) is 23.9 Å². The third-order valence-corrected chi connectivity index (χ3v) is 3.46. The van der Waals surface area contributed by atoms with Gasteiger partial charge in [0.05, 0.1) is 12.6 Å². The molecule has 0 radical (unpaired) electrons. The van der Waals surface area contributed by atoms with Crippen LogP contribution in [0.4, 0.5) is 5.69 Å². The zero-order chi connectivity index (χ0) is 15.2. The summed E-state index contributed by atoms with van der Waals surface area (Å²) < 4.78 is 5.38. The van der Waals surface area contributed by atoms with E-state index in [4.69, 9.17) is 16.3 Å². The summed E-state index contributed by atoms with van der Waals surface area (Å²) in [5.74, 6) is 0.960. The van der Waals surface area contributed by atoms with Crippen molar-refractivity contribution in [1.82, 2.24) is 5.32 Å². The van der Waals surface area contributed by atoms with Crippen LogP contribution in [-0.4, -0.2) is 36.9 Å². The van der Waals surface area contributed by atoms with Crippen LogP contribution in [0.25, 0.3) is 0 Å². The average Bonchev–Trinajstić information content (AvgIpc) is 2.81. The van der Waals surface area contributed by atoms with Crippen molar-refractivity contribution < 1.29 is 14.3 Å². The number of ether oxygens (including phenoxy) is 1. The quantitative estimate of drug-likeness (QED) is 0.817. The Kier molecular flexibility index (Phi) is 5.44. The Hall–Kier alpha value is -1.75. The highest BCUT2D eigenvalue weighted by molar-refractivity contribution is 6.18. The molecule has 1 heterocycles. The van der Waals surface area contributed by atoms with Gasteiger partial charge < -0.3 is 15.0 Å². The predicted molar refractivity (Wildman–Crippen MR) is 81.8 cm³/mol. The normalized spacial score (nSPS) is 17.9. The van der Waals surface area contributed by atoms with E-state index in [9.17, 15) is 9.59 Å². The van der Waals surface area contributed by atoms with Crippen LogP contribution >= 0.6 is 11.6 Å². The second kappa shape index (κ2) is 7.31. The van der Waals surface area contributed by atoms with Crippen LogP contribution in [0.2, 0.25) is 0 Å². The molecule has 0 spiro atoms. The van der Waals surface area contributed by atoms with Gasteiger partial charge in [0.1, 0.15) is 5.75 Å². The molecule has 0 saturated carbocycles. The molecule has 1 unspecified atom stereocenters. The second-order valence-electron chi connectivity index (χ2n) is 4.84. The number of carbonyl (C=O) groups excluding carboxylic acids is 2. The molecule has 1 atom stereocenters. The molecule has 1 saturated heterocycles. The van der Waals surface area contributed by atoms with Crippen LogP contribution in [0, 0.1) is 0 Å². The summed E-state index contributed by atoms with van der Waals surface area (Å²) in [5.41, 5.74) is 0.817. The SMILES string of the molecule is CCOc1ccc(N2CC(NC(=O)CCCl)CC2=O)cc1. The topological polar surface area (TPSA) is 58.6 Å². The molecular formula is C15H19ClN2O3. The molecule has 1 aliphatic heterocycles. The number of alkyl halides is 1. The van der Waals surface area contributed by atoms with Gasteiger partial charge in [-0.1, -0.05) is 0 Å². The number of benzene rings is 1. The predicted octanol–water partition coefficient (Wildman–Crippen LogP) is 1.94. The van der Waals surface area contributed by atoms with Crippen LogP contribution in [0.15, 0.2) is 24.3 Å². The van der Waals surface area contributed by atoms with Crippen molar-refractivity contribution in [3.8, 4) is 5.75 Å². The molecule has 1 aromatic rings. The first kappa shape index (κ1) is 15.6. The molecule has 2 rings (SSSR count). The third kappa shape index (κ3) is 4.11. The number of amides is 2. The lowest BCUT2D eigenvalue weighted by Gasteiger charge is -2.17. The van der Waals surface area contributed by atoms with Gasteiger partial charge in [0.15, 0.2) is 0 Å². The highest BCUT2D eigenvalue weighted by Gasteiger charge is 2.31. The molecule has 114 valence electrons. The van der Waals surface area contributed by atoms with Gasteiger partial charge in [-0.15, -0.1) is 11.6 Å². The maximum absolute atomic E-state index is 12.1. The molecular weight excluding hydrogens is 292 g/mol. The molecule has 6 heteroatoms. The number of hydrogen-bond donors (Lipinski definition) is 1. The second-order valence-corrected chi connectivity index (χ2v) is 5.22. The molecule has 21 heavy (non-hydrogen) atoms.